The predicted molar refractivity (Wildman–Crippen MR) is 71.8 cm³/mol. The number of hydrogen-bond acceptors (Lipinski definition) is 4. The van der Waals surface area contributed by atoms with Gasteiger partial charge in [-0.15, -0.1) is 0 Å². The second kappa shape index (κ2) is 5.40. The largest absolute Gasteiger partial charge is 0.384 e. The van der Waals surface area contributed by atoms with Gasteiger partial charge in [-0.3, -0.25) is 10.1 Å². The average molecular weight is 252 g/mol. The van der Waals surface area contributed by atoms with Gasteiger partial charge in [0.1, 0.15) is 0 Å². The molecule has 0 saturated carbocycles. The van der Waals surface area contributed by atoms with Crippen LogP contribution in [0.15, 0.2) is 18.2 Å². The van der Waals surface area contributed by atoms with Gasteiger partial charge < -0.3 is 5.32 Å². The normalized spacial score (nSPS) is 19.2. The van der Waals surface area contributed by atoms with E-state index in [1.54, 1.807) is 18.2 Å². The molecule has 1 aliphatic rings. The van der Waals surface area contributed by atoms with E-state index in [2.05, 4.69) is 5.32 Å². The second-order valence-corrected chi connectivity index (χ2v) is 5.68. The van der Waals surface area contributed by atoms with Crippen molar-refractivity contribution >= 4 is 23.1 Å². The lowest BCUT2D eigenvalue weighted by Crippen LogP contribution is -2.14. The fourth-order valence-electron chi connectivity index (χ4n) is 1.99. The number of nitrogens with zero attached hydrogens (tertiary/aromatic N) is 1. The number of nitro groups is 1. The van der Waals surface area contributed by atoms with E-state index < -0.39 is 0 Å². The molecular formula is C12H16N2O2S. The van der Waals surface area contributed by atoms with Gasteiger partial charge in [-0.05, 0) is 37.1 Å². The fraction of sp³-hybridized carbons (Fsp3) is 0.500. The molecule has 1 fully saturated rings. The van der Waals surface area contributed by atoms with E-state index in [4.69, 9.17) is 0 Å². The summed E-state index contributed by atoms with van der Waals surface area (Å²) in [5.74, 6) is 1.26. The van der Waals surface area contributed by atoms with Crippen LogP contribution < -0.4 is 5.32 Å². The van der Waals surface area contributed by atoms with E-state index in [9.17, 15) is 10.1 Å². The first-order chi connectivity index (χ1) is 8.16. The van der Waals surface area contributed by atoms with Gasteiger partial charge in [-0.1, -0.05) is 0 Å². The Morgan fingerprint density at radius 2 is 2.41 bits per heavy atom. The molecule has 1 atom stereocenters. The summed E-state index contributed by atoms with van der Waals surface area (Å²) >= 11 is 2.00. The lowest BCUT2D eigenvalue weighted by atomic mass is 10.1. The monoisotopic (exact) mass is 252 g/mol. The van der Waals surface area contributed by atoms with Gasteiger partial charge in [0.25, 0.3) is 5.69 Å². The third-order valence-corrected chi connectivity index (χ3v) is 4.36. The molecular weight excluding hydrogens is 236 g/mol. The minimum absolute atomic E-state index is 0.156. The second-order valence-electron chi connectivity index (χ2n) is 4.27. The van der Waals surface area contributed by atoms with Gasteiger partial charge in [0.15, 0.2) is 0 Å². The molecule has 0 bridgehead atoms. The average Bonchev–Trinajstić information content (AvgIpc) is 2.80. The molecule has 0 radical (unpaired) electrons. The van der Waals surface area contributed by atoms with E-state index in [1.807, 2.05) is 18.7 Å². The molecule has 0 spiro atoms. The van der Waals surface area contributed by atoms with Crippen molar-refractivity contribution in [3.63, 3.8) is 0 Å². The van der Waals surface area contributed by atoms with Crippen LogP contribution in [0.3, 0.4) is 0 Å². The summed E-state index contributed by atoms with van der Waals surface area (Å²) in [5, 5.41) is 14.7. The fourth-order valence-corrected chi connectivity index (χ4v) is 3.19. The van der Waals surface area contributed by atoms with Crippen molar-refractivity contribution in [2.24, 2.45) is 0 Å². The van der Waals surface area contributed by atoms with Crippen molar-refractivity contribution in [2.45, 2.75) is 25.0 Å². The molecule has 1 saturated heterocycles. The van der Waals surface area contributed by atoms with Crippen molar-refractivity contribution in [3.05, 3.63) is 33.9 Å². The Bertz CT molecular complexity index is 417. The summed E-state index contributed by atoms with van der Waals surface area (Å²) in [5.41, 5.74) is 2.09. The van der Waals surface area contributed by atoms with E-state index in [1.165, 1.54) is 18.6 Å². The molecule has 5 heteroatoms. The van der Waals surface area contributed by atoms with Crippen LogP contribution in [0.5, 0.6) is 0 Å². The van der Waals surface area contributed by atoms with Crippen molar-refractivity contribution < 1.29 is 4.92 Å². The Labute approximate surface area is 105 Å². The topological polar surface area (TPSA) is 55.2 Å². The van der Waals surface area contributed by atoms with Gasteiger partial charge in [0, 0.05) is 29.6 Å². The molecule has 1 heterocycles. The summed E-state index contributed by atoms with van der Waals surface area (Å²) < 4.78 is 0. The van der Waals surface area contributed by atoms with Gasteiger partial charge >= 0.3 is 0 Å². The number of thioether (sulfide) groups is 1. The third-order valence-electron chi connectivity index (χ3n) is 2.96. The minimum atomic E-state index is -0.358. The standard InChI is InChI=1S/C12H16N2O2S/c1-9-7-10(14(15)16)4-5-12(9)13-8-11-3-2-6-17-11/h4-5,7,11,13H,2-3,6,8H2,1H3. The minimum Gasteiger partial charge on any atom is -0.384 e. The Hall–Kier alpha value is -1.23. The van der Waals surface area contributed by atoms with Crippen LogP contribution in [0.2, 0.25) is 0 Å². The quantitative estimate of drug-likeness (QED) is 0.660. The number of nitrogens with one attached hydrogen (secondary N) is 1. The smallest absolute Gasteiger partial charge is 0.269 e. The van der Waals surface area contributed by atoms with E-state index in [-0.39, 0.29) is 10.6 Å². The van der Waals surface area contributed by atoms with Crippen molar-refractivity contribution in [1.29, 1.82) is 0 Å². The van der Waals surface area contributed by atoms with Crippen molar-refractivity contribution in [3.8, 4) is 0 Å². The van der Waals surface area contributed by atoms with E-state index in [0.29, 0.717) is 5.25 Å². The van der Waals surface area contributed by atoms with Crippen LogP contribution >= 0.6 is 11.8 Å². The van der Waals surface area contributed by atoms with Crippen LogP contribution in [0.1, 0.15) is 18.4 Å². The number of non-ortho nitro benzene ring substituents is 1. The first-order valence-electron chi connectivity index (χ1n) is 5.77. The maximum Gasteiger partial charge on any atom is 0.269 e. The molecule has 1 aromatic carbocycles. The number of aryl methyl sites for hydroxylation is 1. The zero-order chi connectivity index (χ0) is 12.3. The highest BCUT2D eigenvalue weighted by Gasteiger charge is 2.15. The summed E-state index contributed by atoms with van der Waals surface area (Å²) in [4.78, 5) is 10.3. The molecule has 0 aliphatic carbocycles. The first kappa shape index (κ1) is 12.2. The predicted octanol–water partition coefficient (Wildman–Crippen LogP) is 3.21. The number of benzene rings is 1. The zero-order valence-electron chi connectivity index (χ0n) is 9.81. The molecule has 0 amide bonds. The Balaban J connectivity index is 1.98. The van der Waals surface area contributed by atoms with Crippen LogP contribution in [-0.4, -0.2) is 22.5 Å². The maximum atomic E-state index is 10.6. The number of anilines is 1. The highest BCUT2D eigenvalue weighted by atomic mass is 32.2. The lowest BCUT2D eigenvalue weighted by molar-refractivity contribution is -0.384. The summed E-state index contributed by atoms with van der Waals surface area (Å²) in [6.07, 6.45) is 2.57. The molecule has 2 rings (SSSR count). The number of rotatable bonds is 4. The van der Waals surface area contributed by atoms with E-state index >= 15 is 0 Å². The SMILES string of the molecule is Cc1cc([N+](=O)[O-])ccc1NCC1CCCS1. The van der Waals surface area contributed by atoms with E-state index in [0.717, 1.165) is 17.8 Å². The maximum absolute atomic E-state index is 10.6. The Morgan fingerprint density at radius 1 is 1.59 bits per heavy atom. The van der Waals surface area contributed by atoms with Crippen LogP contribution in [-0.2, 0) is 0 Å². The van der Waals surface area contributed by atoms with Gasteiger partial charge in [-0.2, -0.15) is 11.8 Å². The molecule has 4 nitrogen and oxygen atoms in total. The van der Waals surface area contributed by atoms with Crippen molar-refractivity contribution in [1.82, 2.24) is 0 Å². The van der Waals surface area contributed by atoms with Gasteiger partial charge in [-0.25, -0.2) is 0 Å². The lowest BCUT2D eigenvalue weighted by Gasteiger charge is -2.13. The Kier molecular flexibility index (Phi) is 3.89. The molecule has 1 N–H and O–H groups in total. The molecule has 1 aliphatic heterocycles. The van der Waals surface area contributed by atoms with Crippen molar-refractivity contribution in [2.75, 3.05) is 17.6 Å². The summed E-state index contributed by atoms with van der Waals surface area (Å²) in [6, 6.07) is 4.97. The number of nitro benzene ring substituents is 1. The molecule has 0 aromatic heterocycles. The first-order valence-corrected chi connectivity index (χ1v) is 6.82. The summed E-state index contributed by atoms with van der Waals surface area (Å²) in [6.45, 7) is 2.85. The van der Waals surface area contributed by atoms with Crippen LogP contribution in [0.25, 0.3) is 0 Å². The highest BCUT2D eigenvalue weighted by molar-refractivity contribution is 8.00. The molecule has 1 aromatic rings. The van der Waals surface area contributed by atoms with Crippen LogP contribution in [0, 0.1) is 17.0 Å². The molecule has 1 unspecified atom stereocenters. The molecule has 17 heavy (non-hydrogen) atoms. The third kappa shape index (κ3) is 3.12. The zero-order valence-corrected chi connectivity index (χ0v) is 10.6. The van der Waals surface area contributed by atoms with Gasteiger partial charge in [0.2, 0.25) is 0 Å². The van der Waals surface area contributed by atoms with Crippen LogP contribution in [0.4, 0.5) is 11.4 Å². The number of hydrogen-bond donors (Lipinski definition) is 1. The molecule has 92 valence electrons. The highest BCUT2D eigenvalue weighted by Crippen LogP contribution is 2.27. The Morgan fingerprint density at radius 3 is 3.00 bits per heavy atom. The summed E-state index contributed by atoms with van der Waals surface area (Å²) in [7, 11) is 0. The van der Waals surface area contributed by atoms with Gasteiger partial charge in [0.05, 0.1) is 4.92 Å².